The third-order valence-corrected chi connectivity index (χ3v) is 7.79. The molecule has 4 rings (SSSR count). The van der Waals surface area contributed by atoms with Crippen molar-refractivity contribution < 1.29 is 31.9 Å². The van der Waals surface area contributed by atoms with Crippen LogP contribution >= 0.6 is 0 Å². The SMILES string of the molecule is CC(C)C(NC(=O)c1cc(C(F)(F)F)ccc1F)C(=O)N1CCC2(CC1)CC(=O)NCC2c1ccccc1. The fourth-order valence-corrected chi connectivity index (χ4v) is 5.60. The molecule has 204 valence electrons. The average Bonchev–Trinajstić information content (AvgIpc) is 2.87. The fourth-order valence-electron chi connectivity index (χ4n) is 5.60. The van der Waals surface area contributed by atoms with E-state index in [1.165, 1.54) is 0 Å². The second-order valence-corrected chi connectivity index (χ2v) is 10.5. The number of hydrogen-bond acceptors (Lipinski definition) is 3. The van der Waals surface area contributed by atoms with Gasteiger partial charge in [0, 0.05) is 32.0 Å². The Morgan fingerprint density at radius 1 is 1.08 bits per heavy atom. The number of likely N-dealkylation sites (tertiary alicyclic amines) is 1. The first-order valence-electron chi connectivity index (χ1n) is 12.7. The van der Waals surface area contributed by atoms with Crippen molar-refractivity contribution >= 4 is 17.7 Å². The monoisotopic (exact) mass is 533 g/mol. The molecule has 0 saturated carbocycles. The molecule has 3 amide bonds. The van der Waals surface area contributed by atoms with Crippen molar-refractivity contribution in [3.63, 3.8) is 0 Å². The van der Waals surface area contributed by atoms with Crippen LogP contribution in [-0.2, 0) is 15.8 Å². The molecule has 2 aliphatic heterocycles. The van der Waals surface area contributed by atoms with Crippen LogP contribution in [0.2, 0.25) is 0 Å². The van der Waals surface area contributed by atoms with Gasteiger partial charge in [0.25, 0.3) is 5.91 Å². The van der Waals surface area contributed by atoms with Crippen LogP contribution in [0.1, 0.15) is 60.5 Å². The number of amides is 3. The summed E-state index contributed by atoms with van der Waals surface area (Å²) in [6.07, 6.45) is -3.21. The zero-order valence-electron chi connectivity index (χ0n) is 21.3. The Hall–Kier alpha value is -3.43. The summed E-state index contributed by atoms with van der Waals surface area (Å²) >= 11 is 0. The number of piperidine rings is 2. The highest BCUT2D eigenvalue weighted by Gasteiger charge is 2.47. The number of hydrogen-bond donors (Lipinski definition) is 2. The molecule has 0 aliphatic carbocycles. The van der Waals surface area contributed by atoms with E-state index in [1.54, 1.807) is 18.7 Å². The lowest BCUT2D eigenvalue weighted by atomic mass is 9.62. The predicted molar refractivity (Wildman–Crippen MR) is 133 cm³/mol. The number of carbonyl (C=O) groups excluding carboxylic acids is 3. The van der Waals surface area contributed by atoms with Crippen LogP contribution in [0.5, 0.6) is 0 Å². The molecule has 2 fully saturated rings. The molecule has 2 heterocycles. The van der Waals surface area contributed by atoms with Gasteiger partial charge in [0.15, 0.2) is 0 Å². The molecule has 10 heteroatoms. The molecule has 2 N–H and O–H groups in total. The van der Waals surface area contributed by atoms with E-state index in [1.807, 2.05) is 30.3 Å². The van der Waals surface area contributed by atoms with Crippen molar-refractivity contribution in [3.8, 4) is 0 Å². The standard InChI is InChI=1S/C28H31F4N3O3/c1-17(2)24(34-25(37)20-14-19(28(30,31)32)8-9-22(20)29)26(38)35-12-10-27(11-13-35)15-23(36)33-16-21(27)18-6-4-3-5-7-18/h3-9,14,17,21,24H,10-13,15-16H2,1-2H3,(H,33,36)(H,34,37). The summed E-state index contributed by atoms with van der Waals surface area (Å²) in [5, 5.41) is 5.42. The third-order valence-electron chi connectivity index (χ3n) is 7.79. The largest absolute Gasteiger partial charge is 0.416 e. The maximum Gasteiger partial charge on any atom is 0.416 e. The molecule has 2 aliphatic rings. The predicted octanol–water partition coefficient (Wildman–Crippen LogP) is 4.51. The number of nitrogens with one attached hydrogen (secondary N) is 2. The number of halogens is 4. The van der Waals surface area contributed by atoms with Gasteiger partial charge in [-0.1, -0.05) is 44.2 Å². The molecule has 2 aromatic rings. The summed E-state index contributed by atoms with van der Waals surface area (Å²) in [6, 6.07) is 10.5. The molecule has 2 saturated heterocycles. The normalized spacial score (nSPS) is 20.2. The number of rotatable bonds is 5. The zero-order chi connectivity index (χ0) is 27.7. The Morgan fingerprint density at radius 2 is 1.74 bits per heavy atom. The van der Waals surface area contributed by atoms with Gasteiger partial charge in [-0.05, 0) is 47.9 Å². The minimum absolute atomic E-state index is 0.0209. The highest BCUT2D eigenvalue weighted by atomic mass is 19.4. The Morgan fingerprint density at radius 3 is 2.34 bits per heavy atom. The van der Waals surface area contributed by atoms with E-state index in [-0.39, 0.29) is 23.1 Å². The van der Waals surface area contributed by atoms with E-state index >= 15 is 0 Å². The van der Waals surface area contributed by atoms with Gasteiger partial charge in [-0.2, -0.15) is 13.2 Å². The van der Waals surface area contributed by atoms with Gasteiger partial charge in [0.05, 0.1) is 11.1 Å². The molecule has 0 bridgehead atoms. The first-order valence-corrected chi connectivity index (χ1v) is 12.7. The van der Waals surface area contributed by atoms with Crippen LogP contribution in [0.4, 0.5) is 17.6 Å². The zero-order valence-corrected chi connectivity index (χ0v) is 21.3. The molecule has 1 spiro atoms. The lowest BCUT2D eigenvalue weighted by Crippen LogP contribution is -2.57. The van der Waals surface area contributed by atoms with Gasteiger partial charge in [0.2, 0.25) is 11.8 Å². The lowest BCUT2D eigenvalue weighted by Gasteiger charge is -2.49. The van der Waals surface area contributed by atoms with Crippen molar-refractivity contribution in [2.75, 3.05) is 19.6 Å². The lowest BCUT2D eigenvalue weighted by molar-refractivity contribution is -0.139. The van der Waals surface area contributed by atoms with E-state index in [0.717, 1.165) is 5.56 Å². The maximum atomic E-state index is 14.3. The van der Waals surface area contributed by atoms with Crippen LogP contribution in [0.15, 0.2) is 48.5 Å². The van der Waals surface area contributed by atoms with E-state index in [2.05, 4.69) is 10.6 Å². The molecular weight excluding hydrogens is 502 g/mol. The Kier molecular flexibility index (Phi) is 7.80. The van der Waals surface area contributed by atoms with Crippen molar-refractivity contribution in [2.24, 2.45) is 11.3 Å². The highest BCUT2D eigenvalue weighted by Crippen LogP contribution is 2.48. The molecule has 38 heavy (non-hydrogen) atoms. The van der Waals surface area contributed by atoms with Gasteiger partial charge in [-0.15, -0.1) is 0 Å². The second kappa shape index (κ2) is 10.7. The van der Waals surface area contributed by atoms with Gasteiger partial charge in [-0.25, -0.2) is 4.39 Å². The number of alkyl halides is 3. The minimum Gasteiger partial charge on any atom is -0.355 e. The topological polar surface area (TPSA) is 78.5 Å². The first kappa shape index (κ1) is 27.6. The van der Waals surface area contributed by atoms with Crippen LogP contribution in [0.25, 0.3) is 0 Å². The van der Waals surface area contributed by atoms with Gasteiger partial charge in [-0.3, -0.25) is 14.4 Å². The third kappa shape index (κ3) is 5.68. The molecule has 2 unspecified atom stereocenters. The van der Waals surface area contributed by atoms with E-state index in [9.17, 15) is 31.9 Å². The Balaban J connectivity index is 1.48. The fraction of sp³-hybridized carbons (Fsp3) is 0.464. The van der Waals surface area contributed by atoms with Crippen molar-refractivity contribution in [1.82, 2.24) is 15.5 Å². The first-order chi connectivity index (χ1) is 17.9. The summed E-state index contributed by atoms with van der Waals surface area (Å²) in [7, 11) is 0. The van der Waals surface area contributed by atoms with Gasteiger partial charge in [0.1, 0.15) is 11.9 Å². The van der Waals surface area contributed by atoms with Crippen LogP contribution in [0.3, 0.4) is 0 Å². The average molecular weight is 534 g/mol. The summed E-state index contributed by atoms with van der Waals surface area (Å²) in [5.74, 6) is -2.88. The number of carbonyl (C=O) groups is 3. The maximum absolute atomic E-state index is 14.3. The summed E-state index contributed by atoms with van der Waals surface area (Å²) in [5.41, 5.74) is -1.10. The summed E-state index contributed by atoms with van der Waals surface area (Å²) in [6.45, 7) is 4.66. The van der Waals surface area contributed by atoms with E-state index in [4.69, 9.17) is 0 Å². The number of benzene rings is 2. The van der Waals surface area contributed by atoms with Gasteiger partial charge < -0.3 is 15.5 Å². The second-order valence-electron chi connectivity index (χ2n) is 10.5. The Labute approximate surface area is 218 Å². The summed E-state index contributed by atoms with van der Waals surface area (Å²) in [4.78, 5) is 40.2. The number of nitrogens with zero attached hydrogens (tertiary/aromatic N) is 1. The molecule has 0 aromatic heterocycles. The molecular formula is C28H31F4N3O3. The molecule has 2 aromatic carbocycles. The van der Waals surface area contributed by atoms with Crippen LogP contribution in [-0.4, -0.2) is 48.3 Å². The van der Waals surface area contributed by atoms with Crippen molar-refractivity contribution in [3.05, 3.63) is 71.0 Å². The highest BCUT2D eigenvalue weighted by molar-refractivity contribution is 5.98. The van der Waals surface area contributed by atoms with Crippen molar-refractivity contribution in [2.45, 2.75) is 51.2 Å². The van der Waals surface area contributed by atoms with Crippen LogP contribution in [0, 0.1) is 17.2 Å². The van der Waals surface area contributed by atoms with Gasteiger partial charge >= 0.3 is 6.18 Å². The minimum atomic E-state index is -4.74. The quantitative estimate of drug-likeness (QED) is 0.556. The van der Waals surface area contributed by atoms with Crippen LogP contribution < -0.4 is 10.6 Å². The Bertz CT molecular complexity index is 1190. The van der Waals surface area contributed by atoms with Crippen molar-refractivity contribution in [1.29, 1.82) is 0 Å². The molecule has 0 radical (unpaired) electrons. The van der Waals surface area contributed by atoms with E-state index in [0.29, 0.717) is 57.1 Å². The van der Waals surface area contributed by atoms with E-state index < -0.39 is 41.0 Å². The summed E-state index contributed by atoms with van der Waals surface area (Å²) < 4.78 is 53.6. The molecule has 2 atom stereocenters. The molecule has 6 nitrogen and oxygen atoms in total. The smallest absolute Gasteiger partial charge is 0.355 e.